The molecule has 1 aliphatic rings. The van der Waals surface area contributed by atoms with E-state index in [4.69, 9.17) is 4.99 Å². The second kappa shape index (κ2) is 5.83. The van der Waals surface area contributed by atoms with Gasteiger partial charge in [0, 0.05) is 0 Å². The SMILES string of the molecule is c1ccc([Se]CC2CCC(c3cccs3)=N2)cc1. The summed E-state index contributed by atoms with van der Waals surface area (Å²) >= 11 is 2.38. The topological polar surface area (TPSA) is 12.4 Å². The molecule has 18 heavy (non-hydrogen) atoms. The standard InChI is InChI=1S/C15H15NSSe/c1-2-5-13(6-3-1)18-11-12-8-9-14(16-12)15-7-4-10-17-15/h1-7,10,12H,8-9,11H2. The molecule has 1 atom stereocenters. The Morgan fingerprint density at radius 3 is 2.83 bits per heavy atom. The van der Waals surface area contributed by atoms with Crippen LogP contribution in [-0.4, -0.2) is 26.7 Å². The van der Waals surface area contributed by atoms with Gasteiger partial charge >= 0.3 is 118 Å². The van der Waals surface area contributed by atoms with E-state index in [1.165, 1.54) is 26.8 Å². The summed E-state index contributed by atoms with van der Waals surface area (Å²) in [5.41, 5.74) is 1.33. The first-order valence-corrected chi connectivity index (χ1v) is 9.15. The molecule has 1 aromatic heterocycles. The zero-order valence-corrected chi connectivity index (χ0v) is 12.6. The average molecular weight is 320 g/mol. The Kier molecular flexibility index (Phi) is 3.94. The van der Waals surface area contributed by atoms with Gasteiger partial charge in [0.1, 0.15) is 0 Å². The maximum absolute atomic E-state index is 4.89. The summed E-state index contributed by atoms with van der Waals surface area (Å²) in [6, 6.07) is 15.7. The van der Waals surface area contributed by atoms with Crippen LogP contribution in [0.15, 0.2) is 52.8 Å². The Labute approximate surface area is 118 Å². The number of nitrogens with zero attached hydrogens (tertiary/aromatic N) is 1. The van der Waals surface area contributed by atoms with Crippen molar-refractivity contribution >= 4 is 36.5 Å². The van der Waals surface area contributed by atoms with Crippen LogP contribution in [0.5, 0.6) is 0 Å². The van der Waals surface area contributed by atoms with E-state index in [9.17, 15) is 0 Å². The van der Waals surface area contributed by atoms with Crippen molar-refractivity contribution < 1.29 is 0 Å². The predicted molar refractivity (Wildman–Crippen MR) is 80.5 cm³/mol. The van der Waals surface area contributed by atoms with Gasteiger partial charge in [-0.25, -0.2) is 0 Å². The molecule has 0 spiro atoms. The first kappa shape index (κ1) is 12.2. The van der Waals surface area contributed by atoms with Crippen molar-refractivity contribution in [3.8, 4) is 0 Å². The van der Waals surface area contributed by atoms with E-state index >= 15 is 0 Å². The molecule has 0 amide bonds. The molecule has 1 nitrogen and oxygen atoms in total. The van der Waals surface area contributed by atoms with Crippen molar-refractivity contribution in [3.05, 3.63) is 52.7 Å². The summed E-state index contributed by atoms with van der Waals surface area (Å²) in [6.07, 6.45) is 2.40. The van der Waals surface area contributed by atoms with E-state index in [0.29, 0.717) is 21.0 Å². The van der Waals surface area contributed by atoms with Crippen LogP contribution in [0.1, 0.15) is 17.7 Å². The zero-order valence-electron chi connectivity index (χ0n) is 10.1. The number of hydrogen-bond donors (Lipinski definition) is 0. The van der Waals surface area contributed by atoms with E-state index in [-0.39, 0.29) is 0 Å². The molecular formula is C15H15NSSe. The first-order chi connectivity index (χ1) is 8.92. The summed E-state index contributed by atoms with van der Waals surface area (Å²) in [5.74, 6) is 0. The monoisotopic (exact) mass is 321 g/mol. The van der Waals surface area contributed by atoms with Gasteiger partial charge in [-0.1, -0.05) is 0 Å². The summed E-state index contributed by atoms with van der Waals surface area (Å²) in [5, 5.41) is 3.38. The Morgan fingerprint density at radius 1 is 1.17 bits per heavy atom. The van der Waals surface area contributed by atoms with Gasteiger partial charge in [-0.15, -0.1) is 0 Å². The third kappa shape index (κ3) is 2.92. The van der Waals surface area contributed by atoms with Crippen LogP contribution >= 0.6 is 11.3 Å². The van der Waals surface area contributed by atoms with E-state index in [1.54, 1.807) is 0 Å². The van der Waals surface area contributed by atoms with Crippen LogP contribution in [0.3, 0.4) is 0 Å². The molecule has 0 radical (unpaired) electrons. The molecule has 1 aromatic carbocycles. The normalized spacial score (nSPS) is 18.9. The summed E-state index contributed by atoms with van der Waals surface area (Å²) in [4.78, 5) is 6.25. The Bertz CT molecular complexity index is 519. The molecule has 92 valence electrons. The number of rotatable bonds is 4. The fourth-order valence-electron chi connectivity index (χ4n) is 2.11. The van der Waals surface area contributed by atoms with Crippen LogP contribution in [0, 0.1) is 0 Å². The van der Waals surface area contributed by atoms with Gasteiger partial charge in [-0.3, -0.25) is 0 Å². The fourth-order valence-corrected chi connectivity index (χ4v) is 4.91. The molecule has 0 saturated heterocycles. The molecule has 0 N–H and O–H groups in total. The third-order valence-corrected chi connectivity index (χ3v) is 6.39. The van der Waals surface area contributed by atoms with E-state index in [1.807, 2.05) is 11.3 Å². The maximum atomic E-state index is 4.89. The van der Waals surface area contributed by atoms with E-state index in [2.05, 4.69) is 47.8 Å². The van der Waals surface area contributed by atoms with Gasteiger partial charge in [0.2, 0.25) is 0 Å². The first-order valence-electron chi connectivity index (χ1n) is 6.20. The molecule has 0 bridgehead atoms. The summed E-state index contributed by atoms with van der Waals surface area (Å²) in [7, 11) is 0. The quantitative estimate of drug-likeness (QED) is 0.768. The van der Waals surface area contributed by atoms with E-state index in [0.717, 1.165) is 6.42 Å². The summed E-state index contributed by atoms with van der Waals surface area (Å²) < 4.78 is 1.49. The zero-order chi connectivity index (χ0) is 12.2. The van der Waals surface area contributed by atoms with Gasteiger partial charge in [-0.2, -0.15) is 0 Å². The second-order valence-electron chi connectivity index (χ2n) is 4.37. The van der Waals surface area contributed by atoms with Crippen molar-refractivity contribution in [1.82, 2.24) is 0 Å². The number of hydrogen-bond acceptors (Lipinski definition) is 2. The van der Waals surface area contributed by atoms with Crippen molar-refractivity contribution in [3.63, 3.8) is 0 Å². The third-order valence-electron chi connectivity index (χ3n) is 3.04. The number of aliphatic imine (C=N–C) groups is 1. The molecule has 3 rings (SSSR count). The van der Waals surface area contributed by atoms with Crippen LogP contribution in [0.4, 0.5) is 0 Å². The second-order valence-corrected chi connectivity index (χ2v) is 7.61. The van der Waals surface area contributed by atoms with Gasteiger partial charge < -0.3 is 0 Å². The molecular weight excluding hydrogens is 305 g/mol. The molecule has 1 aliphatic heterocycles. The van der Waals surface area contributed by atoms with Crippen LogP contribution < -0.4 is 4.46 Å². The van der Waals surface area contributed by atoms with Gasteiger partial charge in [0.05, 0.1) is 0 Å². The molecule has 0 aliphatic carbocycles. The van der Waals surface area contributed by atoms with Gasteiger partial charge in [0.25, 0.3) is 0 Å². The molecule has 1 unspecified atom stereocenters. The average Bonchev–Trinajstić information content (AvgIpc) is 3.08. The van der Waals surface area contributed by atoms with Crippen molar-refractivity contribution in [1.29, 1.82) is 0 Å². The van der Waals surface area contributed by atoms with Gasteiger partial charge in [0.15, 0.2) is 0 Å². The number of benzene rings is 1. The molecule has 2 aromatic rings. The Hall–Kier alpha value is -0.891. The summed E-state index contributed by atoms with van der Waals surface area (Å²) in [6.45, 7) is 0. The van der Waals surface area contributed by atoms with E-state index < -0.39 is 0 Å². The van der Waals surface area contributed by atoms with Crippen molar-refractivity contribution in [2.45, 2.75) is 24.2 Å². The molecule has 3 heteroatoms. The molecule has 0 fully saturated rings. The molecule has 0 saturated carbocycles. The van der Waals surface area contributed by atoms with Gasteiger partial charge in [-0.05, 0) is 0 Å². The Balaban J connectivity index is 1.59. The van der Waals surface area contributed by atoms with Crippen molar-refractivity contribution in [2.75, 3.05) is 0 Å². The minimum absolute atomic E-state index is 0.558. The Morgan fingerprint density at radius 2 is 2.06 bits per heavy atom. The van der Waals surface area contributed by atoms with Crippen LogP contribution in [-0.2, 0) is 0 Å². The fraction of sp³-hybridized carbons (Fsp3) is 0.267. The number of thiophene rings is 1. The minimum atomic E-state index is 0.558. The van der Waals surface area contributed by atoms with Crippen LogP contribution in [0.25, 0.3) is 0 Å². The van der Waals surface area contributed by atoms with Crippen LogP contribution in [0.2, 0.25) is 5.32 Å². The molecule has 2 heterocycles. The van der Waals surface area contributed by atoms with Crippen molar-refractivity contribution in [2.24, 2.45) is 4.99 Å². The predicted octanol–water partition coefficient (Wildman–Crippen LogP) is 3.15.